The van der Waals surface area contributed by atoms with Gasteiger partial charge in [0.1, 0.15) is 5.82 Å². The van der Waals surface area contributed by atoms with Crippen LogP contribution in [0.4, 0.5) is 10.1 Å². The number of aliphatic hydroxyl groups excluding tert-OH is 1. The highest BCUT2D eigenvalue weighted by molar-refractivity contribution is 7.99. The molecule has 0 fully saturated rings. The molecule has 0 spiro atoms. The molecule has 1 unspecified atom stereocenters. The first kappa shape index (κ1) is 9.80. The van der Waals surface area contributed by atoms with Gasteiger partial charge in [-0.2, -0.15) is 0 Å². The highest BCUT2D eigenvalue weighted by Crippen LogP contribution is 2.34. The van der Waals surface area contributed by atoms with Crippen LogP contribution in [-0.4, -0.2) is 23.5 Å². The van der Waals surface area contributed by atoms with Crippen molar-refractivity contribution >= 4 is 17.4 Å². The minimum atomic E-state index is -0.196. The Kier molecular flexibility index (Phi) is 2.93. The number of benzene rings is 1. The molecule has 1 atom stereocenters. The predicted octanol–water partition coefficient (Wildman–Crippen LogP) is 2.09. The number of rotatable bonds is 2. The van der Waals surface area contributed by atoms with E-state index in [0.717, 1.165) is 22.8 Å². The molecule has 0 saturated carbocycles. The fraction of sp³-hybridized carbons (Fsp3) is 0.400. The molecule has 1 aliphatic heterocycles. The molecule has 2 rings (SSSR count). The van der Waals surface area contributed by atoms with Gasteiger partial charge in [-0.25, -0.2) is 4.39 Å². The Morgan fingerprint density at radius 3 is 3.21 bits per heavy atom. The Bertz CT molecular complexity index is 332. The zero-order chi connectivity index (χ0) is 9.97. The van der Waals surface area contributed by atoms with Crippen LogP contribution in [0, 0.1) is 5.82 Å². The maximum Gasteiger partial charge on any atom is 0.124 e. The van der Waals surface area contributed by atoms with Gasteiger partial charge in [0.05, 0.1) is 0 Å². The van der Waals surface area contributed by atoms with Crippen molar-refractivity contribution in [1.29, 1.82) is 0 Å². The third-order valence-corrected chi connectivity index (χ3v) is 3.44. The van der Waals surface area contributed by atoms with E-state index >= 15 is 0 Å². The smallest absolute Gasteiger partial charge is 0.124 e. The molecule has 0 aromatic heterocycles. The van der Waals surface area contributed by atoms with Gasteiger partial charge in [-0.3, -0.25) is 0 Å². The van der Waals surface area contributed by atoms with Crippen molar-refractivity contribution in [3.8, 4) is 0 Å². The second kappa shape index (κ2) is 4.19. The number of hydrogen-bond acceptors (Lipinski definition) is 3. The summed E-state index contributed by atoms with van der Waals surface area (Å²) in [7, 11) is 0. The van der Waals surface area contributed by atoms with Crippen molar-refractivity contribution < 1.29 is 9.50 Å². The molecule has 76 valence electrons. The summed E-state index contributed by atoms with van der Waals surface area (Å²) in [6.07, 6.45) is 0.740. The molecule has 0 aliphatic carbocycles. The molecule has 1 heterocycles. The first-order chi connectivity index (χ1) is 6.79. The standard InChI is InChI=1S/C10H12FNOS/c11-7-1-2-9-10(5-7)14-6-8(12-9)3-4-13/h1-2,5,8,12-13H,3-4,6H2. The summed E-state index contributed by atoms with van der Waals surface area (Å²) in [5.74, 6) is 0.690. The summed E-state index contributed by atoms with van der Waals surface area (Å²) in [6.45, 7) is 0.189. The molecule has 2 N–H and O–H groups in total. The number of anilines is 1. The van der Waals surface area contributed by atoms with Crippen LogP contribution in [0.25, 0.3) is 0 Å². The van der Waals surface area contributed by atoms with Gasteiger partial charge in [-0.15, -0.1) is 11.8 Å². The van der Waals surface area contributed by atoms with Gasteiger partial charge >= 0.3 is 0 Å². The van der Waals surface area contributed by atoms with Crippen LogP contribution in [0.3, 0.4) is 0 Å². The zero-order valence-corrected chi connectivity index (χ0v) is 8.48. The summed E-state index contributed by atoms with van der Waals surface area (Å²) in [4.78, 5) is 0.958. The Balaban J connectivity index is 2.15. The summed E-state index contributed by atoms with van der Waals surface area (Å²) in [5, 5.41) is 12.1. The van der Waals surface area contributed by atoms with Gasteiger partial charge in [0, 0.05) is 29.0 Å². The second-order valence-electron chi connectivity index (χ2n) is 3.31. The van der Waals surface area contributed by atoms with E-state index in [1.165, 1.54) is 6.07 Å². The third kappa shape index (κ3) is 2.01. The molecule has 14 heavy (non-hydrogen) atoms. The Morgan fingerprint density at radius 1 is 1.57 bits per heavy atom. The van der Waals surface area contributed by atoms with Crippen LogP contribution in [0.15, 0.2) is 23.1 Å². The molecule has 1 aliphatic rings. The highest BCUT2D eigenvalue weighted by Gasteiger charge is 2.17. The average molecular weight is 213 g/mol. The van der Waals surface area contributed by atoms with Gasteiger partial charge < -0.3 is 10.4 Å². The minimum Gasteiger partial charge on any atom is -0.396 e. The number of thioether (sulfide) groups is 1. The number of fused-ring (bicyclic) bond motifs is 1. The van der Waals surface area contributed by atoms with E-state index in [4.69, 9.17) is 5.11 Å². The van der Waals surface area contributed by atoms with Crippen molar-refractivity contribution in [1.82, 2.24) is 0 Å². The van der Waals surface area contributed by atoms with E-state index in [2.05, 4.69) is 5.32 Å². The average Bonchev–Trinajstić information content (AvgIpc) is 2.19. The van der Waals surface area contributed by atoms with Crippen molar-refractivity contribution in [2.24, 2.45) is 0 Å². The van der Waals surface area contributed by atoms with Crippen molar-refractivity contribution in [3.05, 3.63) is 24.0 Å². The first-order valence-corrected chi connectivity index (χ1v) is 5.58. The number of halogens is 1. The highest BCUT2D eigenvalue weighted by atomic mass is 32.2. The Labute approximate surface area is 86.5 Å². The molecule has 2 nitrogen and oxygen atoms in total. The molecular weight excluding hydrogens is 201 g/mol. The van der Waals surface area contributed by atoms with Gasteiger partial charge in [-0.1, -0.05) is 0 Å². The van der Waals surface area contributed by atoms with E-state index in [9.17, 15) is 4.39 Å². The Morgan fingerprint density at radius 2 is 2.43 bits per heavy atom. The van der Waals surface area contributed by atoms with Crippen LogP contribution in [0.5, 0.6) is 0 Å². The summed E-state index contributed by atoms with van der Waals surface area (Å²) in [5.41, 5.74) is 0.973. The van der Waals surface area contributed by atoms with Crippen LogP contribution in [-0.2, 0) is 0 Å². The topological polar surface area (TPSA) is 32.3 Å². The van der Waals surface area contributed by atoms with Crippen molar-refractivity contribution in [2.45, 2.75) is 17.4 Å². The Hall–Kier alpha value is -0.740. The van der Waals surface area contributed by atoms with Gasteiger partial charge in [-0.05, 0) is 24.6 Å². The normalized spacial score (nSPS) is 20.0. The largest absolute Gasteiger partial charge is 0.396 e. The summed E-state index contributed by atoms with van der Waals surface area (Å²) in [6, 6.07) is 5.04. The lowest BCUT2D eigenvalue weighted by Gasteiger charge is -2.25. The van der Waals surface area contributed by atoms with E-state index in [1.54, 1.807) is 23.9 Å². The van der Waals surface area contributed by atoms with Gasteiger partial charge in [0.15, 0.2) is 0 Å². The quantitative estimate of drug-likeness (QED) is 0.789. The number of nitrogens with one attached hydrogen (secondary N) is 1. The van der Waals surface area contributed by atoms with E-state index in [-0.39, 0.29) is 12.4 Å². The third-order valence-electron chi connectivity index (χ3n) is 2.22. The van der Waals surface area contributed by atoms with Crippen LogP contribution in [0.1, 0.15) is 6.42 Å². The maximum absolute atomic E-state index is 12.9. The lowest BCUT2D eigenvalue weighted by atomic mass is 10.2. The molecule has 1 aromatic rings. The second-order valence-corrected chi connectivity index (χ2v) is 4.37. The zero-order valence-electron chi connectivity index (χ0n) is 7.66. The summed E-state index contributed by atoms with van der Waals surface area (Å²) < 4.78 is 12.9. The van der Waals surface area contributed by atoms with Crippen LogP contribution in [0.2, 0.25) is 0 Å². The van der Waals surface area contributed by atoms with Crippen LogP contribution < -0.4 is 5.32 Å². The molecule has 4 heteroatoms. The predicted molar refractivity (Wildman–Crippen MR) is 56.2 cm³/mol. The molecular formula is C10H12FNOS. The fourth-order valence-corrected chi connectivity index (χ4v) is 2.61. The van der Waals surface area contributed by atoms with E-state index < -0.39 is 0 Å². The fourth-order valence-electron chi connectivity index (χ4n) is 1.50. The SMILES string of the molecule is OCCC1CSc2cc(F)ccc2N1. The van der Waals surface area contributed by atoms with Gasteiger partial charge in [0.25, 0.3) is 0 Å². The van der Waals surface area contributed by atoms with Crippen LogP contribution >= 0.6 is 11.8 Å². The molecule has 0 amide bonds. The lowest BCUT2D eigenvalue weighted by molar-refractivity contribution is 0.282. The molecule has 0 radical (unpaired) electrons. The molecule has 0 saturated heterocycles. The minimum absolute atomic E-state index is 0.189. The molecule has 1 aromatic carbocycles. The van der Waals surface area contributed by atoms with Crippen molar-refractivity contribution in [2.75, 3.05) is 17.7 Å². The first-order valence-electron chi connectivity index (χ1n) is 4.59. The monoisotopic (exact) mass is 213 g/mol. The maximum atomic E-state index is 12.9. The number of hydrogen-bond donors (Lipinski definition) is 2. The molecule has 0 bridgehead atoms. The van der Waals surface area contributed by atoms with Gasteiger partial charge in [0.2, 0.25) is 0 Å². The lowest BCUT2D eigenvalue weighted by Crippen LogP contribution is -2.26. The van der Waals surface area contributed by atoms with Crippen molar-refractivity contribution in [3.63, 3.8) is 0 Å². The number of aliphatic hydroxyl groups is 1. The van der Waals surface area contributed by atoms with E-state index in [0.29, 0.717) is 6.04 Å². The van der Waals surface area contributed by atoms with E-state index in [1.807, 2.05) is 0 Å². The summed E-state index contributed by atoms with van der Waals surface area (Å²) >= 11 is 1.64.